The predicted octanol–water partition coefficient (Wildman–Crippen LogP) is 1.85. The largest absolute Gasteiger partial charge is 0.344 e. The molecule has 4 amide bonds. The second kappa shape index (κ2) is 9.03. The van der Waals surface area contributed by atoms with E-state index >= 15 is 0 Å². The number of carbonyl (C=O) groups excluding carboxylic acids is 3. The fourth-order valence-corrected chi connectivity index (χ4v) is 5.17. The number of fused-ring (bicyclic) bond motifs is 1. The van der Waals surface area contributed by atoms with E-state index in [1.54, 1.807) is 28.8 Å². The molecule has 3 aromatic rings. The van der Waals surface area contributed by atoms with E-state index in [2.05, 4.69) is 15.7 Å². The summed E-state index contributed by atoms with van der Waals surface area (Å²) < 4.78 is 1.80. The molecule has 3 N–H and O–H groups in total. The summed E-state index contributed by atoms with van der Waals surface area (Å²) in [6.07, 6.45) is 1.78. The molecule has 2 aliphatic heterocycles. The van der Waals surface area contributed by atoms with Gasteiger partial charge in [-0.3, -0.25) is 24.5 Å². The van der Waals surface area contributed by atoms with Crippen molar-refractivity contribution in [1.29, 1.82) is 0 Å². The van der Waals surface area contributed by atoms with Crippen LogP contribution in [0.3, 0.4) is 0 Å². The van der Waals surface area contributed by atoms with Gasteiger partial charge in [-0.2, -0.15) is 5.01 Å². The Morgan fingerprint density at radius 1 is 1.03 bits per heavy atom. The molecule has 2 saturated heterocycles. The van der Waals surface area contributed by atoms with E-state index in [-0.39, 0.29) is 18.3 Å². The molecule has 0 aliphatic carbocycles. The van der Waals surface area contributed by atoms with Crippen molar-refractivity contribution in [3.63, 3.8) is 0 Å². The Balaban J connectivity index is 1.21. The third-order valence-electron chi connectivity index (χ3n) is 7.04. The first-order valence-electron chi connectivity index (χ1n) is 11.9. The molecular formula is C25H28N6O4. The topological polar surface area (TPSA) is 120 Å². The standard InChI is InChI=1S/C25H28N6O4/c1-2-25(17-8-4-3-5-9-17)22(33)31(24(35)27-25)28-21(32)16-29-14-12-18(13-15-29)30-20-11-7-6-10-19(20)26-23(30)34/h3-11,18H,2,12-16H2,1H3,(H,26,34)(H,27,35)(H,28,32). The van der Waals surface area contributed by atoms with Crippen molar-refractivity contribution in [2.45, 2.75) is 37.8 Å². The minimum Gasteiger partial charge on any atom is -0.318 e. The number of benzene rings is 2. The second-order valence-electron chi connectivity index (χ2n) is 9.06. The number of hydrazine groups is 1. The van der Waals surface area contributed by atoms with E-state index < -0.39 is 23.4 Å². The lowest BCUT2D eigenvalue weighted by Crippen LogP contribution is -2.51. The van der Waals surface area contributed by atoms with E-state index in [1.807, 2.05) is 42.2 Å². The molecule has 0 radical (unpaired) electrons. The molecule has 2 aromatic carbocycles. The monoisotopic (exact) mass is 476 g/mol. The van der Waals surface area contributed by atoms with Crippen LogP contribution in [0.15, 0.2) is 59.4 Å². The predicted molar refractivity (Wildman–Crippen MR) is 129 cm³/mol. The Morgan fingerprint density at radius 3 is 2.43 bits per heavy atom. The van der Waals surface area contributed by atoms with Gasteiger partial charge in [0.05, 0.1) is 17.6 Å². The SMILES string of the molecule is CCC1(c2ccccc2)NC(=O)N(NC(=O)CN2CCC(n3c(=O)[nH]c4ccccc43)CC2)C1=O. The van der Waals surface area contributed by atoms with Crippen LogP contribution in [0.4, 0.5) is 4.79 Å². The highest BCUT2D eigenvalue weighted by Gasteiger charge is 2.52. The zero-order valence-electron chi connectivity index (χ0n) is 19.5. The van der Waals surface area contributed by atoms with Crippen LogP contribution in [-0.2, 0) is 15.1 Å². The number of H-pyrrole nitrogens is 1. The van der Waals surface area contributed by atoms with Crippen LogP contribution in [0.1, 0.15) is 37.8 Å². The number of nitrogens with zero attached hydrogens (tertiary/aromatic N) is 3. The van der Waals surface area contributed by atoms with E-state index in [0.717, 1.165) is 16.0 Å². The number of imidazole rings is 1. The Labute approximate surface area is 201 Å². The smallest absolute Gasteiger partial charge is 0.318 e. The molecule has 5 rings (SSSR count). The fourth-order valence-electron chi connectivity index (χ4n) is 5.17. The number of hydrogen-bond donors (Lipinski definition) is 3. The summed E-state index contributed by atoms with van der Waals surface area (Å²) in [6.45, 7) is 3.11. The van der Waals surface area contributed by atoms with Gasteiger partial charge in [-0.05, 0) is 37.0 Å². The first kappa shape index (κ1) is 22.9. The summed E-state index contributed by atoms with van der Waals surface area (Å²) in [5, 5.41) is 3.55. The number of aromatic nitrogens is 2. The van der Waals surface area contributed by atoms with E-state index in [1.165, 1.54) is 0 Å². The highest BCUT2D eigenvalue weighted by Crippen LogP contribution is 2.31. The number of aromatic amines is 1. The second-order valence-corrected chi connectivity index (χ2v) is 9.06. The van der Waals surface area contributed by atoms with Gasteiger partial charge in [-0.1, -0.05) is 49.4 Å². The molecule has 2 fully saturated rings. The average molecular weight is 477 g/mol. The van der Waals surface area contributed by atoms with Crippen molar-refractivity contribution in [3.8, 4) is 0 Å². The van der Waals surface area contributed by atoms with Gasteiger partial charge in [-0.15, -0.1) is 0 Å². The van der Waals surface area contributed by atoms with Crippen LogP contribution in [0, 0.1) is 0 Å². The molecule has 10 heteroatoms. The van der Waals surface area contributed by atoms with Crippen LogP contribution in [-0.4, -0.2) is 56.9 Å². The summed E-state index contributed by atoms with van der Waals surface area (Å²) >= 11 is 0. The summed E-state index contributed by atoms with van der Waals surface area (Å²) in [5.74, 6) is -0.932. The van der Waals surface area contributed by atoms with Gasteiger partial charge < -0.3 is 10.3 Å². The Bertz CT molecular complexity index is 1320. The highest BCUT2D eigenvalue weighted by molar-refractivity contribution is 6.08. The maximum Gasteiger partial charge on any atom is 0.344 e. The van der Waals surface area contributed by atoms with Crippen LogP contribution in [0.2, 0.25) is 0 Å². The molecular weight excluding hydrogens is 448 g/mol. The van der Waals surface area contributed by atoms with E-state index in [0.29, 0.717) is 37.9 Å². The summed E-state index contributed by atoms with van der Waals surface area (Å²) in [6, 6.07) is 16.0. The minimum atomic E-state index is -1.20. The lowest BCUT2D eigenvalue weighted by atomic mass is 9.87. The number of para-hydroxylation sites is 2. The summed E-state index contributed by atoms with van der Waals surface area (Å²) in [7, 11) is 0. The van der Waals surface area contributed by atoms with Crippen LogP contribution in [0.5, 0.6) is 0 Å². The van der Waals surface area contributed by atoms with Gasteiger partial charge in [0.25, 0.3) is 11.8 Å². The van der Waals surface area contributed by atoms with Crippen LogP contribution in [0.25, 0.3) is 11.0 Å². The summed E-state index contributed by atoms with van der Waals surface area (Å²) in [5.41, 5.74) is 3.53. The Kier molecular flexibility index (Phi) is 5.89. The van der Waals surface area contributed by atoms with Crippen molar-refractivity contribution < 1.29 is 14.4 Å². The number of urea groups is 1. The first-order valence-corrected chi connectivity index (χ1v) is 11.9. The number of imide groups is 1. The molecule has 1 aromatic heterocycles. The number of nitrogens with one attached hydrogen (secondary N) is 3. The molecule has 182 valence electrons. The molecule has 0 saturated carbocycles. The Morgan fingerprint density at radius 2 is 1.71 bits per heavy atom. The van der Waals surface area contributed by atoms with Crippen molar-refractivity contribution in [2.24, 2.45) is 0 Å². The number of likely N-dealkylation sites (tertiary alicyclic amines) is 1. The van der Waals surface area contributed by atoms with Gasteiger partial charge in [0.15, 0.2) is 0 Å². The van der Waals surface area contributed by atoms with Crippen molar-refractivity contribution in [2.75, 3.05) is 19.6 Å². The van der Waals surface area contributed by atoms with Crippen LogP contribution < -0.4 is 16.4 Å². The first-order chi connectivity index (χ1) is 16.9. The molecule has 2 aliphatic rings. The van der Waals surface area contributed by atoms with E-state index in [9.17, 15) is 19.2 Å². The minimum absolute atomic E-state index is 0.0416. The normalized spacial score (nSPS) is 21.5. The Hall–Kier alpha value is -3.92. The van der Waals surface area contributed by atoms with Gasteiger partial charge in [-0.25, -0.2) is 9.59 Å². The van der Waals surface area contributed by atoms with Gasteiger partial charge >= 0.3 is 11.7 Å². The average Bonchev–Trinajstić information content (AvgIpc) is 3.33. The van der Waals surface area contributed by atoms with Crippen LogP contribution >= 0.6 is 0 Å². The van der Waals surface area contributed by atoms with Gasteiger partial charge in [0.1, 0.15) is 5.54 Å². The number of piperidine rings is 1. The third-order valence-corrected chi connectivity index (χ3v) is 7.04. The van der Waals surface area contributed by atoms with E-state index in [4.69, 9.17) is 0 Å². The maximum atomic E-state index is 13.2. The molecule has 0 spiro atoms. The molecule has 3 heterocycles. The number of amides is 4. The lowest BCUT2D eigenvalue weighted by molar-refractivity contribution is -0.140. The maximum absolute atomic E-state index is 13.2. The fraction of sp³-hybridized carbons (Fsp3) is 0.360. The van der Waals surface area contributed by atoms with Gasteiger partial charge in [0.2, 0.25) is 0 Å². The quantitative estimate of drug-likeness (QED) is 0.469. The zero-order valence-corrected chi connectivity index (χ0v) is 19.5. The lowest BCUT2D eigenvalue weighted by Gasteiger charge is -2.32. The zero-order chi connectivity index (χ0) is 24.6. The third kappa shape index (κ3) is 3.99. The molecule has 1 unspecified atom stereocenters. The van der Waals surface area contributed by atoms with Crippen molar-refractivity contribution >= 4 is 28.9 Å². The van der Waals surface area contributed by atoms with Crippen molar-refractivity contribution in [3.05, 3.63) is 70.6 Å². The molecule has 35 heavy (non-hydrogen) atoms. The summed E-state index contributed by atoms with van der Waals surface area (Å²) in [4.78, 5) is 55.9. The number of hydrogen-bond acceptors (Lipinski definition) is 5. The number of carbonyl (C=O) groups is 3. The highest BCUT2D eigenvalue weighted by atomic mass is 16.2. The molecule has 1 atom stereocenters. The molecule has 0 bridgehead atoms. The number of rotatable bonds is 6. The van der Waals surface area contributed by atoms with Gasteiger partial charge in [0, 0.05) is 19.1 Å². The molecule has 10 nitrogen and oxygen atoms in total. The van der Waals surface area contributed by atoms with Crippen molar-refractivity contribution in [1.82, 2.24) is 30.2 Å².